The predicted molar refractivity (Wildman–Crippen MR) is 60.1 cm³/mol. The fourth-order valence-electron chi connectivity index (χ4n) is 1.13. The summed E-state index contributed by atoms with van der Waals surface area (Å²) in [6, 6.07) is 6.90. The molecule has 3 nitrogen and oxygen atoms in total. The van der Waals surface area contributed by atoms with Crippen LogP contribution in [-0.2, 0) is 11.2 Å². The molecule has 0 aliphatic carbocycles. The van der Waals surface area contributed by atoms with Crippen LogP contribution in [0.15, 0.2) is 24.3 Å². The minimum Gasteiger partial charge on any atom is -0.508 e. The second-order valence-corrected chi connectivity index (χ2v) is 3.98. The lowest BCUT2D eigenvalue weighted by atomic mass is 10.1. The van der Waals surface area contributed by atoms with Crippen LogP contribution in [0.25, 0.3) is 0 Å². The molecule has 0 fully saturated rings. The summed E-state index contributed by atoms with van der Waals surface area (Å²) in [6.07, 6.45) is 0.732. The molecule has 0 aromatic heterocycles. The van der Waals surface area contributed by atoms with Gasteiger partial charge in [-0.25, -0.2) is 0 Å². The molecule has 1 amide bonds. The van der Waals surface area contributed by atoms with Crippen LogP contribution in [0.2, 0.25) is 0 Å². The quantitative estimate of drug-likeness (QED) is 0.769. The Balaban J connectivity index is 2.32. The van der Waals surface area contributed by atoms with Crippen molar-refractivity contribution in [1.82, 2.24) is 5.32 Å². The van der Waals surface area contributed by atoms with Gasteiger partial charge in [0.15, 0.2) is 0 Å². The number of hydrogen-bond acceptors (Lipinski definition) is 2. The van der Waals surface area contributed by atoms with Crippen LogP contribution in [-0.4, -0.2) is 22.9 Å². The number of benzene rings is 1. The van der Waals surface area contributed by atoms with Crippen LogP contribution in [0.5, 0.6) is 5.75 Å². The number of phenolic OH excluding ortho intramolecular Hbond substituents is 1. The lowest BCUT2D eigenvalue weighted by molar-refractivity contribution is -0.120. The van der Waals surface area contributed by atoms with E-state index in [0.717, 1.165) is 12.0 Å². The van der Waals surface area contributed by atoms with Crippen LogP contribution in [0.3, 0.4) is 0 Å². The first-order valence-corrected chi connectivity index (χ1v) is 5.23. The van der Waals surface area contributed by atoms with Gasteiger partial charge in [-0.05, 0) is 31.0 Å². The van der Waals surface area contributed by atoms with Crippen molar-refractivity contribution in [3.8, 4) is 5.75 Å². The Morgan fingerprint density at radius 1 is 1.47 bits per heavy atom. The zero-order valence-corrected chi connectivity index (χ0v) is 9.29. The Labute approximate surface area is 94.1 Å². The highest BCUT2D eigenvalue weighted by molar-refractivity contribution is 6.30. The van der Waals surface area contributed by atoms with Crippen molar-refractivity contribution in [2.24, 2.45) is 0 Å². The molecule has 0 spiro atoms. The normalized spacial score (nSPS) is 12.1. The molecule has 0 aliphatic rings. The zero-order valence-electron chi connectivity index (χ0n) is 8.53. The fraction of sp³-hybridized carbons (Fsp3) is 0.364. The minimum absolute atomic E-state index is 0.157. The van der Waals surface area contributed by atoms with Gasteiger partial charge in [0, 0.05) is 6.54 Å². The summed E-state index contributed by atoms with van der Waals surface area (Å²) in [4.78, 5) is 11.1. The molecule has 0 radical (unpaired) electrons. The van der Waals surface area contributed by atoms with Gasteiger partial charge in [-0.3, -0.25) is 4.79 Å². The van der Waals surface area contributed by atoms with Gasteiger partial charge in [-0.15, -0.1) is 11.6 Å². The van der Waals surface area contributed by atoms with Gasteiger partial charge in [-0.1, -0.05) is 12.1 Å². The number of aromatic hydroxyl groups is 1. The molecule has 15 heavy (non-hydrogen) atoms. The molecule has 1 atom stereocenters. The number of halogens is 1. The van der Waals surface area contributed by atoms with E-state index in [1.807, 2.05) is 12.1 Å². The van der Waals surface area contributed by atoms with Crippen LogP contribution >= 0.6 is 11.6 Å². The molecule has 0 saturated heterocycles. The zero-order chi connectivity index (χ0) is 11.3. The predicted octanol–water partition coefficient (Wildman–Crippen LogP) is 1.68. The number of alkyl halides is 1. The molecule has 0 bridgehead atoms. The summed E-state index contributed by atoms with van der Waals surface area (Å²) < 4.78 is 0. The standard InChI is InChI=1S/C11H14ClNO2/c1-8(12)11(15)13-7-6-9-2-4-10(14)5-3-9/h2-5,8,14H,6-7H2,1H3,(H,13,15). The van der Waals surface area contributed by atoms with Gasteiger partial charge in [0.2, 0.25) is 5.91 Å². The highest BCUT2D eigenvalue weighted by atomic mass is 35.5. The average Bonchev–Trinajstić information content (AvgIpc) is 2.20. The summed E-state index contributed by atoms with van der Waals surface area (Å²) >= 11 is 5.59. The highest BCUT2D eigenvalue weighted by Gasteiger charge is 2.07. The van der Waals surface area contributed by atoms with Gasteiger partial charge in [-0.2, -0.15) is 0 Å². The maximum atomic E-state index is 11.1. The third-order valence-electron chi connectivity index (χ3n) is 2.01. The third-order valence-corrected chi connectivity index (χ3v) is 2.21. The summed E-state index contributed by atoms with van der Waals surface area (Å²) in [7, 11) is 0. The molecule has 1 aromatic rings. The van der Waals surface area contributed by atoms with Gasteiger partial charge >= 0.3 is 0 Å². The van der Waals surface area contributed by atoms with Gasteiger partial charge in [0.05, 0.1) is 0 Å². The van der Waals surface area contributed by atoms with E-state index in [9.17, 15) is 4.79 Å². The first-order chi connectivity index (χ1) is 7.09. The topological polar surface area (TPSA) is 49.3 Å². The molecule has 0 heterocycles. The fourth-order valence-corrected chi connectivity index (χ4v) is 1.21. The highest BCUT2D eigenvalue weighted by Crippen LogP contribution is 2.09. The minimum atomic E-state index is -0.496. The Kier molecular flexibility index (Phi) is 4.43. The molecule has 1 rings (SSSR count). The second kappa shape index (κ2) is 5.61. The number of rotatable bonds is 4. The summed E-state index contributed by atoms with van der Waals surface area (Å²) in [6.45, 7) is 2.19. The Morgan fingerprint density at radius 3 is 2.60 bits per heavy atom. The van der Waals surface area contributed by atoms with Gasteiger partial charge < -0.3 is 10.4 Å². The third kappa shape index (κ3) is 4.21. The monoisotopic (exact) mass is 227 g/mol. The molecular formula is C11H14ClNO2. The summed E-state index contributed by atoms with van der Waals surface area (Å²) in [5.74, 6) is 0.0904. The number of phenols is 1. The smallest absolute Gasteiger partial charge is 0.237 e. The van der Waals surface area contributed by atoms with Crippen molar-refractivity contribution in [2.45, 2.75) is 18.7 Å². The van der Waals surface area contributed by atoms with Crippen molar-refractivity contribution in [3.05, 3.63) is 29.8 Å². The number of hydrogen-bond donors (Lipinski definition) is 2. The molecule has 1 unspecified atom stereocenters. The Morgan fingerprint density at radius 2 is 2.07 bits per heavy atom. The molecule has 82 valence electrons. The van der Waals surface area contributed by atoms with E-state index in [0.29, 0.717) is 6.54 Å². The number of nitrogens with one attached hydrogen (secondary N) is 1. The van der Waals surface area contributed by atoms with E-state index in [1.54, 1.807) is 19.1 Å². The van der Waals surface area contributed by atoms with Gasteiger partial charge in [0.1, 0.15) is 11.1 Å². The Bertz CT molecular complexity index is 322. The molecular weight excluding hydrogens is 214 g/mol. The van der Waals surface area contributed by atoms with Gasteiger partial charge in [0.25, 0.3) is 0 Å². The van der Waals surface area contributed by atoms with Crippen molar-refractivity contribution < 1.29 is 9.90 Å². The lowest BCUT2D eigenvalue weighted by Crippen LogP contribution is -2.31. The Hall–Kier alpha value is -1.22. The van der Waals surface area contributed by atoms with E-state index in [4.69, 9.17) is 16.7 Å². The van der Waals surface area contributed by atoms with Crippen LogP contribution in [0.1, 0.15) is 12.5 Å². The summed E-state index contributed by atoms with van der Waals surface area (Å²) in [5, 5.41) is 11.3. The van der Waals surface area contributed by atoms with E-state index in [1.165, 1.54) is 0 Å². The average molecular weight is 228 g/mol. The number of carbonyl (C=O) groups excluding carboxylic acids is 1. The van der Waals surface area contributed by atoms with E-state index in [-0.39, 0.29) is 11.7 Å². The molecule has 4 heteroatoms. The SMILES string of the molecule is CC(Cl)C(=O)NCCc1ccc(O)cc1. The van der Waals surface area contributed by atoms with Crippen molar-refractivity contribution in [2.75, 3.05) is 6.54 Å². The first-order valence-electron chi connectivity index (χ1n) is 4.79. The van der Waals surface area contributed by atoms with E-state index in [2.05, 4.69) is 5.32 Å². The van der Waals surface area contributed by atoms with Crippen molar-refractivity contribution in [3.63, 3.8) is 0 Å². The van der Waals surface area contributed by atoms with Crippen LogP contribution < -0.4 is 5.32 Å². The number of carbonyl (C=O) groups is 1. The maximum absolute atomic E-state index is 11.1. The first kappa shape index (κ1) is 11.9. The molecule has 0 aliphatic heterocycles. The second-order valence-electron chi connectivity index (χ2n) is 3.32. The van der Waals surface area contributed by atoms with Crippen LogP contribution in [0, 0.1) is 0 Å². The van der Waals surface area contributed by atoms with Crippen molar-refractivity contribution >= 4 is 17.5 Å². The maximum Gasteiger partial charge on any atom is 0.237 e. The van der Waals surface area contributed by atoms with E-state index < -0.39 is 5.38 Å². The lowest BCUT2D eigenvalue weighted by Gasteiger charge is -2.06. The molecule has 0 saturated carbocycles. The molecule has 1 aromatic carbocycles. The largest absolute Gasteiger partial charge is 0.508 e. The van der Waals surface area contributed by atoms with Crippen molar-refractivity contribution in [1.29, 1.82) is 0 Å². The summed E-state index contributed by atoms with van der Waals surface area (Å²) in [5.41, 5.74) is 1.07. The number of amides is 1. The molecule has 2 N–H and O–H groups in total. The van der Waals surface area contributed by atoms with Crippen LogP contribution in [0.4, 0.5) is 0 Å². The van der Waals surface area contributed by atoms with E-state index >= 15 is 0 Å².